The Morgan fingerprint density at radius 3 is 1.57 bits per heavy atom. The lowest BCUT2D eigenvalue weighted by molar-refractivity contribution is 1.08. The molecule has 0 aliphatic rings. The molecule has 5 heteroatoms. The van der Waals surface area contributed by atoms with Crippen molar-refractivity contribution in [3.8, 4) is 33.8 Å². The van der Waals surface area contributed by atoms with E-state index in [1.54, 1.807) is 17.7 Å². The fourth-order valence-corrected chi connectivity index (χ4v) is 9.12. The van der Waals surface area contributed by atoms with Gasteiger partial charge in [-0.15, -0.1) is 11.3 Å². The second-order valence-corrected chi connectivity index (χ2v) is 14.1. The molecule has 0 N–H and O–H groups in total. The van der Waals surface area contributed by atoms with Crippen LogP contribution in [0.15, 0.2) is 170 Å². The molecule has 0 aliphatic carbocycles. The van der Waals surface area contributed by atoms with Crippen LogP contribution in [0.1, 0.15) is 0 Å². The quantitative estimate of drug-likeness (QED) is 0.187. The molecular weight excluding hydrogens is 641 g/mol. The van der Waals surface area contributed by atoms with Crippen LogP contribution in [0, 0.1) is 0 Å². The molecule has 0 spiro atoms. The second-order valence-electron chi connectivity index (χ2n) is 13.0. The van der Waals surface area contributed by atoms with E-state index in [2.05, 4.69) is 173 Å². The highest BCUT2D eigenvalue weighted by Gasteiger charge is 2.22. The predicted molar refractivity (Wildman–Crippen MR) is 214 cm³/mol. The molecule has 4 aromatic heterocycles. The first-order valence-electron chi connectivity index (χ1n) is 17.2. The molecule has 0 amide bonds. The van der Waals surface area contributed by atoms with Crippen molar-refractivity contribution in [3.05, 3.63) is 170 Å². The van der Waals surface area contributed by atoms with Gasteiger partial charge in [-0.1, -0.05) is 121 Å². The fraction of sp³-hybridized carbons (Fsp3) is 0. The molecule has 238 valence electrons. The van der Waals surface area contributed by atoms with E-state index in [1.165, 1.54) is 64.9 Å². The maximum Gasteiger partial charge on any atom is 0.159 e. The molecule has 11 aromatic rings. The zero-order chi connectivity index (χ0) is 33.5. The standard InChI is InChI=1S/C46H28N4S/c1-2-10-29(11-3-1)30-18-20-31(21-19-30)32-22-24-33(25-23-32)49-37-15-7-4-12-34(37)42-39(49)26-27-40-43(42)35-13-5-8-16-38(35)50(40)46-45-44(47-28-48-46)36-14-6-9-17-41(36)51-45/h1-28H. The minimum atomic E-state index is 0.919. The van der Waals surface area contributed by atoms with Gasteiger partial charge in [0, 0.05) is 37.3 Å². The Labute approximate surface area is 297 Å². The Bertz CT molecular complexity index is 3110. The van der Waals surface area contributed by atoms with Gasteiger partial charge in [0.15, 0.2) is 5.82 Å². The highest BCUT2D eigenvalue weighted by atomic mass is 32.1. The van der Waals surface area contributed by atoms with Gasteiger partial charge in [0.25, 0.3) is 0 Å². The Morgan fingerprint density at radius 2 is 0.902 bits per heavy atom. The van der Waals surface area contributed by atoms with Gasteiger partial charge < -0.3 is 4.57 Å². The molecule has 7 aromatic carbocycles. The molecule has 11 rings (SSSR count). The van der Waals surface area contributed by atoms with Crippen LogP contribution in [0.3, 0.4) is 0 Å². The number of nitrogens with zero attached hydrogens (tertiary/aromatic N) is 4. The maximum absolute atomic E-state index is 4.95. The highest BCUT2D eigenvalue weighted by Crippen LogP contribution is 2.44. The van der Waals surface area contributed by atoms with Crippen LogP contribution in [0.25, 0.3) is 97.7 Å². The van der Waals surface area contributed by atoms with Crippen molar-refractivity contribution in [1.29, 1.82) is 0 Å². The van der Waals surface area contributed by atoms with Gasteiger partial charge in [0.2, 0.25) is 0 Å². The number of hydrogen-bond donors (Lipinski definition) is 0. The molecule has 0 saturated heterocycles. The molecule has 51 heavy (non-hydrogen) atoms. The molecule has 0 fully saturated rings. The van der Waals surface area contributed by atoms with Crippen LogP contribution in [0.2, 0.25) is 0 Å². The molecule has 0 saturated carbocycles. The maximum atomic E-state index is 4.95. The summed E-state index contributed by atoms with van der Waals surface area (Å²) in [5.41, 5.74) is 11.6. The first-order chi connectivity index (χ1) is 25.3. The number of fused-ring (bicyclic) bond motifs is 10. The van der Waals surface area contributed by atoms with Gasteiger partial charge in [-0.2, -0.15) is 0 Å². The number of aromatic nitrogens is 4. The first-order valence-corrected chi connectivity index (χ1v) is 18.0. The summed E-state index contributed by atoms with van der Waals surface area (Å²) < 4.78 is 7.07. The minimum absolute atomic E-state index is 0.919. The lowest BCUT2D eigenvalue weighted by Crippen LogP contribution is -1.98. The van der Waals surface area contributed by atoms with Crippen LogP contribution in [-0.4, -0.2) is 19.1 Å². The Kier molecular flexibility index (Phi) is 6.09. The van der Waals surface area contributed by atoms with Gasteiger partial charge in [0.05, 0.1) is 32.3 Å². The van der Waals surface area contributed by atoms with E-state index in [0.29, 0.717) is 0 Å². The molecule has 4 nitrogen and oxygen atoms in total. The summed E-state index contributed by atoms with van der Waals surface area (Å²) in [6.45, 7) is 0. The number of thiophene rings is 1. The van der Waals surface area contributed by atoms with Gasteiger partial charge in [-0.25, -0.2) is 9.97 Å². The lowest BCUT2D eigenvalue weighted by Gasteiger charge is -2.10. The summed E-state index contributed by atoms with van der Waals surface area (Å²) in [6.07, 6.45) is 1.71. The summed E-state index contributed by atoms with van der Waals surface area (Å²) in [4.78, 5) is 9.70. The highest BCUT2D eigenvalue weighted by molar-refractivity contribution is 7.26. The van der Waals surface area contributed by atoms with E-state index in [-0.39, 0.29) is 0 Å². The summed E-state index contributed by atoms with van der Waals surface area (Å²) in [5, 5.41) is 6.10. The van der Waals surface area contributed by atoms with Crippen molar-refractivity contribution in [1.82, 2.24) is 19.1 Å². The Morgan fingerprint density at radius 1 is 0.392 bits per heavy atom. The van der Waals surface area contributed by atoms with Crippen LogP contribution in [0.4, 0.5) is 0 Å². The summed E-state index contributed by atoms with van der Waals surface area (Å²) >= 11 is 1.76. The molecule has 4 heterocycles. The summed E-state index contributed by atoms with van der Waals surface area (Å²) in [6, 6.07) is 58.9. The number of benzene rings is 7. The first kappa shape index (κ1) is 28.3. The van der Waals surface area contributed by atoms with E-state index >= 15 is 0 Å². The number of hydrogen-bond acceptors (Lipinski definition) is 3. The van der Waals surface area contributed by atoms with Crippen LogP contribution in [-0.2, 0) is 0 Å². The predicted octanol–water partition coefficient (Wildman–Crippen LogP) is 12.4. The third-order valence-corrected chi connectivity index (χ3v) is 11.4. The van der Waals surface area contributed by atoms with Crippen molar-refractivity contribution >= 4 is 75.3 Å². The third-order valence-electron chi connectivity index (χ3n) is 10.3. The molecule has 0 aliphatic heterocycles. The van der Waals surface area contributed by atoms with Crippen molar-refractivity contribution in [3.63, 3.8) is 0 Å². The summed E-state index contributed by atoms with van der Waals surface area (Å²) in [7, 11) is 0. The molecular formula is C46H28N4S. The zero-order valence-corrected chi connectivity index (χ0v) is 28.2. The van der Waals surface area contributed by atoms with Crippen molar-refractivity contribution in [2.45, 2.75) is 0 Å². The average Bonchev–Trinajstić information content (AvgIpc) is 3.86. The van der Waals surface area contributed by atoms with Crippen molar-refractivity contribution in [2.75, 3.05) is 0 Å². The SMILES string of the molecule is c1ccc(-c2ccc(-c3ccc(-n4c5ccccc5c5c6c7ccccc7n(-c7ncnc8c7sc7ccccc78)c6ccc54)cc3)cc2)cc1. The summed E-state index contributed by atoms with van der Waals surface area (Å²) in [5.74, 6) is 0.919. The minimum Gasteiger partial charge on any atom is -0.309 e. The van der Waals surface area contributed by atoms with Crippen molar-refractivity contribution in [2.24, 2.45) is 0 Å². The normalized spacial score (nSPS) is 11.9. The van der Waals surface area contributed by atoms with Gasteiger partial charge in [-0.3, -0.25) is 4.57 Å². The van der Waals surface area contributed by atoms with Gasteiger partial charge >= 0.3 is 0 Å². The smallest absolute Gasteiger partial charge is 0.159 e. The van der Waals surface area contributed by atoms with Crippen LogP contribution in [0.5, 0.6) is 0 Å². The lowest BCUT2D eigenvalue weighted by atomic mass is 10.0. The van der Waals surface area contributed by atoms with E-state index in [4.69, 9.17) is 9.97 Å². The van der Waals surface area contributed by atoms with E-state index < -0.39 is 0 Å². The zero-order valence-electron chi connectivity index (χ0n) is 27.4. The number of rotatable bonds is 4. The monoisotopic (exact) mass is 668 g/mol. The van der Waals surface area contributed by atoms with E-state index in [0.717, 1.165) is 32.8 Å². The van der Waals surface area contributed by atoms with Crippen LogP contribution < -0.4 is 0 Å². The number of para-hydroxylation sites is 2. The van der Waals surface area contributed by atoms with Crippen molar-refractivity contribution < 1.29 is 0 Å². The van der Waals surface area contributed by atoms with Crippen LogP contribution >= 0.6 is 11.3 Å². The Balaban J connectivity index is 1.11. The molecule has 0 bridgehead atoms. The third kappa shape index (κ3) is 4.19. The van der Waals surface area contributed by atoms with Gasteiger partial charge in [-0.05, 0) is 64.7 Å². The fourth-order valence-electron chi connectivity index (χ4n) is 7.98. The average molecular weight is 669 g/mol. The largest absolute Gasteiger partial charge is 0.309 e. The Hall–Kier alpha value is -6.56. The second kappa shape index (κ2) is 11.0. The molecule has 0 radical (unpaired) electrons. The van der Waals surface area contributed by atoms with Gasteiger partial charge in [0.1, 0.15) is 6.33 Å². The molecule has 0 atom stereocenters. The topological polar surface area (TPSA) is 35.6 Å². The van der Waals surface area contributed by atoms with E-state index in [1.807, 2.05) is 0 Å². The van der Waals surface area contributed by atoms with E-state index in [9.17, 15) is 0 Å². The molecule has 0 unspecified atom stereocenters.